The Kier molecular flexibility index (Phi) is 12.7. The number of nitrogens with zero attached hydrogens (tertiary/aromatic N) is 2. The van der Waals surface area contributed by atoms with Gasteiger partial charge < -0.3 is 9.98 Å². The maximum atomic E-state index is 8.22. The summed E-state index contributed by atoms with van der Waals surface area (Å²) in [4.78, 5) is 3.85. The second-order valence-corrected chi connectivity index (χ2v) is 16.5. The predicted octanol–water partition coefficient (Wildman–Crippen LogP) is 17.0. The molecule has 0 fully saturated rings. The maximum absolute atomic E-state index is 8.22. The van der Waals surface area contributed by atoms with Crippen molar-refractivity contribution in [2.24, 2.45) is 4.99 Å². The van der Waals surface area contributed by atoms with E-state index in [0.29, 0.717) is 0 Å². The summed E-state index contributed by atoms with van der Waals surface area (Å²) in [6.07, 6.45) is 0. The zero-order valence-electron chi connectivity index (χ0n) is 37.7. The minimum atomic E-state index is 0.176. The third-order valence-electron chi connectivity index (χ3n) is 12.3. The molecule has 2 N–H and O–H groups in total. The zero-order chi connectivity index (χ0) is 46.3. The average Bonchev–Trinajstić information content (AvgIpc) is 3.73. The molecule has 0 unspecified atom stereocenters. The molecule has 11 aromatic carbocycles. The summed E-state index contributed by atoms with van der Waals surface area (Å²) in [6, 6.07) is 81.8. The minimum absolute atomic E-state index is 0.176. The van der Waals surface area contributed by atoms with Gasteiger partial charge in [-0.1, -0.05) is 205 Å². The highest BCUT2D eigenvalue weighted by molar-refractivity contribution is 6.29. The van der Waals surface area contributed by atoms with Crippen molar-refractivity contribution < 1.29 is 0 Å². The molecule has 0 saturated heterocycles. The van der Waals surface area contributed by atoms with E-state index in [-0.39, 0.29) is 5.84 Å². The number of hydrogen-bond donors (Lipinski definition) is 2. The summed E-state index contributed by atoms with van der Waals surface area (Å²) < 4.78 is 2.42. The van der Waals surface area contributed by atoms with Crippen LogP contribution in [0.5, 0.6) is 0 Å². The molecule has 0 aliphatic rings. The first kappa shape index (κ1) is 43.5. The van der Waals surface area contributed by atoms with Crippen LogP contribution in [0.2, 0.25) is 0 Å². The number of benzene rings is 11. The summed E-state index contributed by atoms with van der Waals surface area (Å²) in [5.74, 6) is 0.176. The van der Waals surface area contributed by atoms with Gasteiger partial charge in [0.25, 0.3) is 0 Å². The van der Waals surface area contributed by atoms with E-state index in [9.17, 15) is 0 Å². The molecule has 12 rings (SSSR count). The molecule has 0 bridgehead atoms. The number of aromatic nitrogens is 1. The first-order chi connectivity index (χ1) is 32.9. The summed E-state index contributed by atoms with van der Waals surface area (Å²) in [7, 11) is 0. The van der Waals surface area contributed by atoms with Crippen molar-refractivity contribution in [3.05, 3.63) is 247 Å². The zero-order valence-corrected chi connectivity index (χ0v) is 37.7. The van der Waals surface area contributed by atoms with E-state index < -0.39 is 0 Å². The summed E-state index contributed by atoms with van der Waals surface area (Å²) in [6.45, 7) is 10.2. The van der Waals surface area contributed by atoms with Gasteiger partial charge in [-0.25, -0.2) is 4.99 Å². The summed E-state index contributed by atoms with van der Waals surface area (Å²) in [5, 5.41) is 26.0. The molecule has 0 radical (unpaired) electrons. The van der Waals surface area contributed by atoms with Gasteiger partial charge in [0.1, 0.15) is 0 Å². The lowest BCUT2D eigenvalue weighted by Crippen LogP contribution is -1.94. The molecule has 0 spiro atoms. The Morgan fingerprint density at radius 1 is 0.403 bits per heavy atom. The molecular formula is C63H50N4. The molecule has 0 saturated carbocycles. The third-order valence-corrected chi connectivity index (χ3v) is 12.3. The van der Waals surface area contributed by atoms with Crippen LogP contribution in [0.3, 0.4) is 0 Å². The SMILES string of the molecule is C=N.C=NC(=N)c1cccc(-c2ccc3c(c2)c2ccccc2c2cccc(-c4ccc5c6ccccc6n(-c6ccc7ccccc7c6)c5c4)c23)c1.Cc1ccccc1.Cc1ccccc1. The van der Waals surface area contributed by atoms with Crippen LogP contribution in [0, 0.1) is 24.7 Å². The third kappa shape index (κ3) is 8.77. The number of hydrogen-bond acceptors (Lipinski definition) is 2. The van der Waals surface area contributed by atoms with E-state index in [4.69, 9.17) is 10.8 Å². The van der Waals surface area contributed by atoms with E-state index in [0.717, 1.165) is 22.4 Å². The van der Waals surface area contributed by atoms with Crippen molar-refractivity contribution in [1.82, 2.24) is 4.57 Å². The quantitative estimate of drug-likeness (QED) is 0.101. The van der Waals surface area contributed by atoms with E-state index >= 15 is 0 Å². The smallest absolute Gasteiger partial charge is 0.151 e. The van der Waals surface area contributed by atoms with Gasteiger partial charge >= 0.3 is 0 Å². The van der Waals surface area contributed by atoms with Gasteiger partial charge in [0.05, 0.1) is 11.0 Å². The van der Waals surface area contributed by atoms with Crippen molar-refractivity contribution in [3.8, 4) is 27.9 Å². The average molecular weight is 863 g/mol. The lowest BCUT2D eigenvalue weighted by Gasteiger charge is -2.16. The summed E-state index contributed by atoms with van der Waals surface area (Å²) in [5.41, 5.74) is 11.5. The molecule has 1 aromatic heterocycles. The second kappa shape index (κ2) is 19.6. The predicted molar refractivity (Wildman–Crippen MR) is 290 cm³/mol. The van der Waals surface area contributed by atoms with Gasteiger partial charge in [0.15, 0.2) is 5.84 Å². The molecule has 0 amide bonds. The van der Waals surface area contributed by atoms with E-state index in [2.05, 4.69) is 213 Å². The molecule has 0 aliphatic heterocycles. The van der Waals surface area contributed by atoms with Crippen molar-refractivity contribution in [2.75, 3.05) is 0 Å². The monoisotopic (exact) mass is 862 g/mol. The summed E-state index contributed by atoms with van der Waals surface area (Å²) >= 11 is 0. The highest BCUT2D eigenvalue weighted by atomic mass is 15.0. The second-order valence-electron chi connectivity index (χ2n) is 16.5. The highest BCUT2D eigenvalue weighted by Crippen LogP contribution is 2.43. The van der Waals surface area contributed by atoms with E-state index in [1.165, 1.54) is 87.1 Å². The number of rotatable bonds is 4. The minimum Gasteiger partial charge on any atom is -0.317 e. The Bertz CT molecular complexity index is 3700. The molecule has 1 heterocycles. The van der Waals surface area contributed by atoms with Crippen LogP contribution in [-0.2, 0) is 0 Å². The fourth-order valence-electron chi connectivity index (χ4n) is 9.16. The molecule has 0 atom stereocenters. The first-order valence-electron chi connectivity index (χ1n) is 22.4. The Morgan fingerprint density at radius 2 is 0.940 bits per heavy atom. The van der Waals surface area contributed by atoms with E-state index in [1.807, 2.05) is 54.6 Å². The Labute approximate surface area is 391 Å². The Morgan fingerprint density at radius 3 is 1.63 bits per heavy atom. The number of aryl methyl sites for hydroxylation is 2. The fraction of sp³-hybridized carbons (Fsp3) is 0.0317. The normalized spacial score (nSPS) is 10.8. The number of aliphatic imine (C=N–C) groups is 1. The highest BCUT2D eigenvalue weighted by Gasteiger charge is 2.17. The topological polar surface area (TPSA) is 65.0 Å². The molecule has 67 heavy (non-hydrogen) atoms. The first-order valence-corrected chi connectivity index (χ1v) is 22.4. The Balaban J connectivity index is 0.000000300. The van der Waals surface area contributed by atoms with Crippen LogP contribution in [-0.4, -0.2) is 23.8 Å². The standard InChI is InChI=1S/C48H31N3.2C7H8.CH3N/c1-50-48(49)35-13-8-12-31(26-35)33-21-25-43-44(28-33)39-15-5-4-14-38(39)42-18-9-17-37(47(42)43)34-22-24-41-40-16-6-7-19-45(40)51(46(41)29-34)36-23-20-30-10-2-3-11-32(30)27-36;2*1-7-5-3-2-4-6-7;1-2/h2-29,49H,1H2;2*2-6H,1H3;2H,1H2. The van der Waals surface area contributed by atoms with Crippen molar-refractivity contribution in [3.63, 3.8) is 0 Å². The number of amidine groups is 1. The van der Waals surface area contributed by atoms with Gasteiger partial charge in [0, 0.05) is 22.0 Å². The van der Waals surface area contributed by atoms with Crippen LogP contribution < -0.4 is 0 Å². The van der Waals surface area contributed by atoms with Gasteiger partial charge in [-0.2, -0.15) is 0 Å². The van der Waals surface area contributed by atoms with Gasteiger partial charge in [-0.3, -0.25) is 5.41 Å². The van der Waals surface area contributed by atoms with Crippen molar-refractivity contribution in [2.45, 2.75) is 13.8 Å². The van der Waals surface area contributed by atoms with Crippen LogP contribution in [0.15, 0.2) is 236 Å². The molecule has 4 nitrogen and oxygen atoms in total. The van der Waals surface area contributed by atoms with E-state index in [1.54, 1.807) is 0 Å². The largest absolute Gasteiger partial charge is 0.317 e. The number of nitrogens with one attached hydrogen (secondary N) is 2. The van der Waals surface area contributed by atoms with Crippen LogP contribution >= 0.6 is 0 Å². The molecular weight excluding hydrogens is 813 g/mol. The fourth-order valence-corrected chi connectivity index (χ4v) is 9.16. The van der Waals surface area contributed by atoms with Crippen LogP contribution in [0.25, 0.3) is 92.8 Å². The van der Waals surface area contributed by atoms with Crippen LogP contribution in [0.1, 0.15) is 16.7 Å². The molecule has 322 valence electrons. The van der Waals surface area contributed by atoms with Crippen LogP contribution in [0.4, 0.5) is 0 Å². The number of para-hydroxylation sites is 1. The molecule has 0 aliphatic carbocycles. The molecule has 4 heteroatoms. The van der Waals surface area contributed by atoms with Crippen molar-refractivity contribution in [1.29, 1.82) is 10.8 Å². The lowest BCUT2D eigenvalue weighted by molar-refractivity contribution is 1.19. The number of fused-ring (bicyclic) bond motifs is 10. The van der Waals surface area contributed by atoms with Gasteiger partial charge in [0.2, 0.25) is 0 Å². The van der Waals surface area contributed by atoms with Gasteiger partial charge in [-0.05, 0) is 129 Å². The maximum Gasteiger partial charge on any atom is 0.151 e. The molecule has 12 aromatic rings. The van der Waals surface area contributed by atoms with Crippen molar-refractivity contribution >= 4 is 84.2 Å². The van der Waals surface area contributed by atoms with Gasteiger partial charge in [-0.15, -0.1) is 0 Å². The lowest BCUT2D eigenvalue weighted by atomic mass is 9.88. The Hall–Kier alpha value is -8.73.